The summed E-state index contributed by atoms with van der Waals surface area (Å²) in [5.41, 5.74) is 0.873. The maximum atomic E-state index is 12.8. The van der Waals surface area contributed by atoms with E-state index in [1.807, 2.05) is 19.1 Å². The molecule has 6 nitrogen and oxygen atoms in total. The van der Waals surface area contributed by atoms with Crippen LogP contribution in [-0.4, -0.2) is 43.0 Å². The highest BCUT2D eigenvalue weighted by Gasteiger charge is 2.26. The van der Waals surface area contributed by atoms with Gasteiger partial charge in [0.25, 0.3) is 5.91 Å². The summed E-state index contributed by atoms with van der Waals surface area (Å²) in [6, 6.07) is 13.5. The molecule has 2 aromatic carbocycles. The van der Waals surface area contributed by atoms with Gasteiger partial charge in [0.2, 0.25) is 5.91 Å². The first-order chi connectivity index (χ1) is 13.4. The van der Waals surface area contributed by atoms with Crippen LogP contribution < -0.4 is 14.8 Å². The Labute approximate surface area is 170 Å². The first-order valence-electron chi connectivity index (χ1n) is 9.03. The van der Waals surface area contributed by atoms with Gasteiger partial charge in [0.1, 0.15) is 17.5 Å². The third kappa shape index (κ3) is 6.16. The molecule has 0 radical (unpaired) electrons. The van der Waals surface area contributed by atoms with E-state index >= 15 is 0 Å². The number of nitrogens with one attached hydrogen (secondary N) is 1. The molecule has 0 fully saturated rings. The SMILES string of the molecule is CCNC(=O)[C@@H](C)N(Cc1ccc(Cl)cc1)C(=O)COc1ccc(OC)cc1. The van der Waals surface area contributed by atoms with E-state index in [4.69, 9.17) is 21.1 Å². The Kier molecular flexibility index (Phi) is 8.14. The molecule has 150 valence electrons. The number of methoxy groups -OCH3 is 1. The molecule has 0 heterocycles. The molecule has 0 aliphatic carbocycles. The van der Waals surface area contributed by atoms with Crippen LogP contribution in [-0.2, 0) is 16.1 Å². The predicted molar refractivity (Wildman–Crippen MR) is 109 cm³/mol. The molecule has 0 aliphatic rings. The quantitative estimate of drug-likeness (QED) is 0.696. The number of hydrogen-bond acceptors (Lipinski definition) is 4. The van der Waals surface area contributed by atoms with Gasteiger partial charge >= 0.3 is 0 Å². The van der Waals surface area contributed by atoms with E-state index in [0.717, 1.165) is 5.56 Å². The van der Waals surface area contributed by atoms with Crippen LogP contribution in [0.3, 0.4) is 0 Å². The summed E-state index contributed by atoms with van der Waals surface area (Å²) < 4.78 is 10.7. The van der Waals surface area contributed by atoms with Crippen LogP contribution in [0.5, 0.6) is 11.5 Å². The van der Waals surface area contributed by atoms with Gasteiger partial charge in [0.05, 0.1) is 7.11 Å². The van der Waals surface area contributed by atoms with E-state index in [9.17, 15) is 9.59 Å². The molecule has 0 saturated heterocycles. The smallest absolute Gasteiger partial charge is 0.261 e. The molecule has 0 unspecified atom stereocenters. The van der Waals surface area contributed by atoms with E-state index in [1.54, 1.807) is 50.4 Å². The fourth-order valence-electron chi connectivity index (χ4n) is 2.59. The predicted octanol–water partition coefficient (Wildman–Crippen LogP) is 3.28. The van der Waals surface area contributed by atoms with Gasteiger partial charge < -0.3 is 19.7 Å². The van der Waals surface area contributed by atoms with Crippen LogP contribution >= 0.6 is 11.6 Å². The Morgan fingerprint density at radius 2 is 1.68 bits per heavy atom. The summed E-state index contributed by atoms with van der Waals surface area (Å²) in [5, 5.41) is 3.37. The molecule has 0 aromatic heterocycles. The maximum Gasteiger partial charge on any atom is 0.261 e. The molecule has 0 aliphatic heterocycles. The minimum absolute atomic E-state index is 0.177. The average Bonchev–Trinajstić information content (AvgIpc) is 2.71. The molecule has 28 heavy (non-hydrogen) atoms. The minimum Gasteiger partial charge on any atom is -0.497 e. The Morgan fingerprint density at radius 1 is 1.07 bits per heavy atom. The monoisotopic (exact) mass is 404 g/mol. The Bertz CT molecular complexity index is 778. The van der Waals surface area contributed by atoms with Crippen molar-refractivity contribution in [2.24, 2.45) is 0 Å². The van der Waals surface area contributed by atoms with Gasteiger partial charge in [-0.05, 0) is 55.8 Å². The van der Waals surface area contributed by atoms with Crippen LogP contribution in [0.4, 0.5) is 0 Å². The van der Waals surface area contributed by atoms with E-state index in [0.29, 0.717) is 23.1 Å². The van der Waals surface area contributed by atoms with Crippen molar-refractivity contribution in [3.63, 3.8) is 0 Å². The standard InChI is InChI=1S/C21H25ClN2O4/c1-4-23-21(26)15(2)24(13-16-5-7-17(22)8-6-16)20(25)14-28-19-11-9-18(27-3)10-12-19/h5-12,15H,4,13-14H2,1-3H3,(H,23,26)/t15-/m1/s1. The molecule has 1 atom stereocenters. The molecule has 2 amide bonds. The number of amides is 2. The third-order valence-corrected chi connectivity index (χ3v) is 4.46. The highest BCUT2D eigenvalue weighted by molar-refractivity contribution is 6.30. The summed E-state index contributed by atoms with van der Waals surface area (Å²) >= 11 is 5.93. The van der Waals surface area contributed by atoms with Crippen LogP contribution in [0.2, 0.25) is 5.02 Å². The summed E-state index contributed by atoms with van der Waals surface area (Å²) in [4.78, 5) is 26.6. The number of carbonyl (C=O) groups excluding carboxylic acids is 2. The summed E-state index contributed by atoms with van der Waals surface area (Å²) in [6.07, 6.45) is 0. The van der Waals surface area contributed by atoms with Crippen molar-refractivity contribution in [2.45, 2.75) is 26.4 Å². The second-order valence-corrected chi connectivity index (χ2v) is 6.62. The lowest BCUT2D eigenvalue weighted by Gasteiger charge is -2.28. The summed E-state index contributed by atoms with van der Waals surface area (Å²) in [7, 11) is 1.58. The number of halogens is 1. The third-order valence-electron chi connectivity index (χ3n) is 4.21. The zero-order valence-corrected chi connectivity index (χ0v) is 17.0. The van der Waals surface area contributed by atoms with E-state index in [1.165, 1.54) is 4.90 Å². The number of benzene rings is 2. The zero-order valence-electron chi connectivity index (χ0n) is 16.3. The molecule has 1 N–H and O–H groups in total. The van der Waals surface area contributed by atoms with Gasteiger partial charge in [-0.15, -0.1) is 0 Å². The van der Waals surface area contributed by atoms with E-state index in [2.05, 4.69) is 5.32 Å². The van der Waals surface area contributed by atoms with Gasteiger partial charge in [-0.2, -0.15) is 0 Å². The minimum atomic E-state index is -0.636. The van der Waals surface area contributed by atoms with Crippen molar-refractivity contribution in [3.8, 4) is 11.5 Å². The van der Waals surface area contributed by atoms with Gasteiger partial charge in [-0.3, -0.25) is 9.59 Å². The number of likely N-dealkylation sites (N-methyl/N-ethyl adjacent to an activating group) is 1. The van der Waals surface area contributed by atoms with E-state index < -0.39 is 6.04 Å². The number of rotatable bonds is 9. The lowest BCUT2D eigenvalue weighted by atomic mass is 10.1. The molecule has 0 saturated carbocycles. The number of hydrogen-bond donors (Lipinski definition) is 1. The first kappa shape index (κ1) is 21.6. The second-order valence-electron chi connectivity index (χ2n) is 6.18. The Morgan fingerprint density at radius 3 is 2.25 bits per heavy atom. The Hall–Kier alpha value is -2.73. The normalized spacial score (nSPS) is 11.4. The van der Waals surface area contributed by atoms with Crippen molar-refractivity contribution in [2.75, 3.05) is 20.3 Å². The number of nitrogens with zero attached hydrogens (tertiary/aromatic N) is 1. The summed E-state index contributed by atoms with van der Waals surface area (Å²) in [6.45, 7) is 4.13. The largest absolute Gasteiger partial charge is 0.497 e. The van der Waals surface area contributed by atoms with E-state index in [-0.39, 0.29) is 25.0 Å². The van der Waals surface area contributed by atoms with Gasteiger partial charge in [0.15, 0.2) is 6.61 Å². The lowest BCUT2D eigenvalue weighted by Crippen LogP contribution is -2.49. The van der Waals surface area contributed by atoms with Crippen LogP contribution in [0.1, 0.15) is 19.4 Å². The molecular weight excluding hydrogens is 380 g/mol. The van der Waals surface area contributed by atoms with Gasteiger partial charge in [-0.1, -0.05) is 23.7 Å². The fourth-order valence-corrected chi connectivity index (χ4v) is 2.72. The zero-order chi connectivity index (χ0) is 20.5. The number of carbonyl (C=O) groups is 2. The van der Waals surface area contributed by atoms with Crippen LogP contribution in [0.15, 0.2) is 48.5 Å². The second kappa shape index (κ2) is 10.6. The Balaban J connectivity index is 2.10. The van der Waals surface area contributed by atoms with Crippen molar-refractivity contribution >= 4 is 23.4 Å². The molecule has 2 aromatic rings. The topological polar surface area (TPSA) is 67.9 Å². The highest BCUT2D eigenvalue weighted by Crippen LogP contribution is 2.18. The van der Waals surface area contributed by atoms with Crippen LogP contribution in [0.25, 0.3) is 0 Å². The van der Waals surface area contributed by atoms with Crippen LogP contribution in [0, 0.1) is 0 Å². The van der Waals surface area contributed by atoms with Crippen molar-refractivity contribution in [1.82, 2.24) is 10.2 Å². The first-order valence-corrected chi connectivity index (χ1v) is 9.40. The molecule has 2 rings (SSSR count). The highest BCUT2D eigenvalue weighted by atomic mass is 35.5. The van der Waals surface area contributed by atoms with Crippen molar-refractivity contribution < 1.29 is 19.1 Å². The molecule has 0 spiro atoms. The number of ether oxygens (including phenoxy) is 2. The average molecular weight is 405 g/mol. The molecule has 7 heteroatoms. The lowest BCUT2D eigenvalue weighted by molar-refractivity contribution is -0.142. The molecule has 0 bridgehead atoms. The molecular formula is C21H25ClN2O4. The van der Waals surface area contributed by atoms with Gasteiger partial charge in [-0.25, -0.2) is 0 Å². The maximum absolute atomic E-state index is 12.8. The fraction of sp³-hybridized carbons (Fsp3) is 0.333. The van der Waals surface area contributed by atoms with Gasteiger partial charge in [0, 0.05) is 18.1 Å². The van der Waals surface area contributed by atoms with Crippen molar-refractivity contribution in [3.05, 3.63) is 59.1 Å². The summed E-state index contributed by atoms with van der Waals surface area (Å²) in [5.74, 6) is 0.748. The van der Waals surface area contributed by atoms with Crippen molar-refractivity contribution in [1.29, 1.82) is 0 Å².